The molecule has 0 spiro atoms. The van der Waals surface area contributed by atoms with Crippen molar-refractivity contribution < 1.29 is 0 Å². The van der Waals surface area contributed by atoms with Crippen LogP contribution in [0.2, 0.25) is 0 Å². The first-order valence-corrected chi connectivity index (χ1v) is 4.27. The minimum atomic E-state index is 0.222. The smallest absolute Gasteiger partial charge is 0.209 e. The van der Waals surface area contributed by atoms with E-state index < -0.39 is 0 Å². The summed E-state index contributed by atoms with van der Waals surface area (Å²) in [6.07, 6.45) is 3.18. The topological polar surface area (TPSA) is 118 Å². The van der Waals surface area contributed by atoms with Gasteiger partial charge in [0.1, 0.15) is 0 Å². The van der Waals surface area contributed by atoms with Gasteiger partial charge in [-0.05, 0) is 27.1 Å². The van der Waals surface area contributed by atoms with Gasteiger partial charge in [0, 0.05) is 22.7 Å². The Morgan fingerprint density at radius 3 is 3.19 bits per heavy atom. The largest absolute Gasteiger partial charge is 0.264 e. The van der Waals surface area contributed by atoms with Crippen molar-refractivity contribution in [1.82, 2.24) is 30.2 Å². The minimum absolute atomic E-state index is 0.222. The van der Waals surface area contributed by atoms with Crippen LogP contribution in [0.15, 0.2) is 23.6 Å². The number of pyridine rings is 1. The first kappa shape index (κ1) is 8.50. The second-order valence-electron chi connectivity index (χ2n) is 2.93. The van der Waals surface area contributed by atoms with Gasteiger partial charge in [-0.3, -0.25) is 4.98 Å². The fourth-order valence-electron chi connectivity index (χ4n) is 1.44. The number of aromatic nitrogens is 6. The molecular weight excluding hydrogens is 210 g/mol. The van der Waals surface area contributed by atoms with E-state index in [1.807, 2.05) is 0 Å². The highest BCUT2D eigenvalue weighted by Crippen LogP contribution is 2.24. The Hall–Kier alpha value is -2.80. The molecule has 0 saturated heterocycles. The molecule has 0 bridgehead atoms. The van der Waals surface area contributed by atoms with Crippen molar-refractivity contribution in [2.75, 3.05) is 0 Å². The zero-order valence-electron chi connectivity index (χ0n) is 7.76. The normalized spacial score (nSPS) is 10.5. The molecule has 3 rings (SSSR count). The van der Waals surface area contributed by atoms with Gasteiger partial charge in [-0.2, -0.15) is 0 Å². The highest BCUT2D eigenvalue weighted by molar-refractivity contribution is 5.98. The van der Waals surface area contributed by atoms with Gasteiger partial charge in [-0.15, -0.1) is 14.8 Å². The van der Waals surface area contributed by atoms with Crippen molar-refractivity contribution in [3.8, 4) is 0 Å². The van der Waals surface area contributed by atoms with E-state index in [-0.39, 0.29) is 5.82 Å². The van der Waals surface area contributed by atoms with E-state index in [1.165, 1.54) is 4.63 Å². The molecule has 3 aromatic heterocycles. The number of azide groups is 1. The number of tetrazole rings is 1. The van der Waals surface area contributed by atoms with E-state index in [2.05, 4.69) is 35.6 Å². The molecule has 9 nitrogen and oxygen atoms in total. The molecule has 0 atom stereocenters. The van der Waals surface area contributed by atoms with E-state index in [0.29, 0.717) is 16.4 Å². The Morgan fingerprint density at radius 2 is 2.31 bits per heavy atom. The van der Waals surface area contributed by atoms with Gasteiger partial charge < -0.3 is 0 Å². The molecule has 0 fully saturated rings. The molecule has 3 heterocycles. The Balaban J connectivity index is 2.59. The summed E-state index contributed by atoms with van der Waals surface area (Å²) in [6.45, 7) is 0. The van der Waals surface area contributed by atoms with Crippen LogP contribution in [0, 0.1) is 0 Å². The number of fused-ring (bicyclic) bond motifs is 3. The highest BCUT2D eigenvalue weighted by atomic mass is 15.6. The maximum Gasteiger partial charge on any atom is 0.209 e. The number of hydrogen-bond donors (Lipinski definition) is 0. The lowest BCUT2D eigenvalue weighted by molar-refractivity contribution is 0.737. The van der Waals surface area contributed by atoms with Gasteiger partial charge in [-0.1, -0.05) is 0 Å². The molecule has 0 aliphatic carbocycles. The Morgan fingerprint density at radius 1 is 1.38 bits per heavy atom. The molecule has 0 aromatic carbocycles. The lowest BCUT2D eigenvalue weighted by atomic mass is 10.2. The molecule has 0 amide bonds. The van der Waals surface area contributed by atoms with E-state index >= 15 is 0 Å². The van der Waals surface area contributed by atoms with E-state index in [9.17, 15) is 0 Å². The van der Waals surface area contributed by atoms with Crippen LogP contribution < -0.4 is 0 Å². The zero-order chi connectivity index (χ0) is 11.0. The Labute approximate surface area is 87.3 Å². The van der Waals surface area contributed by atoms with Crippen LogP contribution in [0.1, 0.15) is 0 Å². The number of rotatable bonds is 1. The third kappa shape index (κ3) is 1.06. The summed E-state index contributed by atoms with van der Waals surface area (Å²) in [5, 5.41) is 19.8. The summed E-state index contributed by atoms with van der Waals surface area (Å²) in [7, 11) is 0. The molecular formula is C7H3N9. The molecule has 0 N–H and O–H groups in total. The van der Waals surface area contributed by atoms with Crippen LogP contribution in [0.3, 0.4) is 0 Å². The molecule has 0 radical (unpaired) electrons. The monoisotopic (exact) mass is 213 g/mol. The van der Waals surface area contributed by atoms with Crippen molar-refractivity contribution in [3.63, 3.8) is 0 Å². The molecule has 9 heteroatoms. The van der Waals surface area contributed by atoms with Crippen LogP contribution in [-0.2, 0) is 0 Å². The van der Waals surface area contributed by atoms with Crippen LogP contribution in [0.25, 0.3) is 26.9 Å². The zero-order valence-corrected chi connectivity index (χ0v) is 7.76. The van der Waals surface area contributed by atoms with Gasteiger partial charge >= 0.3 is 0 Å². The predicted molar refractivity (Wildman–Crippen MR) is 52.7 cm³/mol. The van der Waals surface area contributed by atoms with Crippen LogP contribution in [0.5, 0.6) is 0 Å². The fraction of sp³-hybridized carbons (Fsp3) is 0. The summed E-state index contributed by atoms with van der Waals surface area (Å²) < 4.78 is 1.20. The van der Waals surface area contributed by atoms with Crippen molar-refractivity contribution >= 4 is 22.2 Å². The summed E-state index contributed by atoms with van der Waals surface area (Å²) >= 11 is 0. The van der Waals surface area contributed by atoms with Gasteiger partial charge in [0.2, 0.25) is 5.65 Å². The second kappa shape index (κ2) is 3.11. The third-order valence-electron chi connectivity index (χ3n) is 2.09. The second-order valence-corrected chi connectivity index (χ2v) is 2.93. The lowest BCUT2D eigenvalue weighted by Crippen LogP contribution is -1.95. The maximum absolute atomic E-state index is 8.44. The summed E-state index contributed by atoms with van der Waals surface area (Å²) in [5.41, 5.74) is 8.92. The highest BCUT2D eigenvalue weighted by Gasteiger charge is 2.09. The van der Waals surface area contributed by atoms with Crippen molar-refractivity contribution in [1.29, 1.82) is 0 Å². The van der Waals surface area contributed by atoms with Gasteiger partial charge in [0.25, 0.3) is 0 Å². The van der Waals surface area contributed by atoms with Crippen LogP contribution in [0.4, 0.5) is 5.82 Å². The van der Waals surface area contributed by atoms with Crippen molar-refractivity contribution in [2.45, 2.75) is 0 Å². The Kier molecular flexibility index (Phi) is 1.65. The lowest BCUT2D eigenvalue weighted by Gasteiger charge is -1.99. The molecule has 0 unspecified atom stereocenters. The number of hydrogen-bond acceptors (Lipinski definition) is 6. The van der Waals surface area contributed by atoms with Crippen molar-refractivity contribution in [2.24, 2.45) is 5.11 Å². The molecule has 0 saturated carbocycles. The SMILES string of the molecule is [N-]=[N+]=Nc1nn2nnnc2c2cnccc12. The molecule has 16 heavy (non-hydrogen) atoms. The predicted octanol–water partition coefficient (Wildman–Crippen LogP) is 1.01. The first-order valence-electron chi connectivity index (χ1n) is 4.27. The van der Waals surface area contributed by atoms with E-state index in [1.54, 1.807) is 18.5 Å². The van der Waals surface area contributed by atoms with Gasteiger partial charge in [-0.25, -0.2) is 0 Å². The van der Waals surface area contributed by atoms with Crippen LogP contribution in [-0.4, -0.2) is 30.2 Å². The van der Waals surface area contributed by atoms with E-state index in [0.717, 1.165) is 0 Å². The summed E-state index contributed by atoms with van der Waals surface area (Å²) in [6, 6.07) is 1.70. The van der Waals surface area contributed by atoms with Crippen LogP contribution >= 0.6 is 0 Å². The van der Waals surface area contributed by atoms with E-state index in [4.69, 9.17) is 5.53 Å². The maximum atomic E-state index is 8.44. The standard InChI is InChI=1S/C7H3N9/c8-13-10-6-4-1-2-9-3-5(4)7-11-14-15-16(7)12-6/h1-3H. The first-order chi connectivity index (χ1) is 7.90. The van der Waals surface area contributed by atoms with Crippen molar-refractivity contribution in [3.05, 3.63) is 28.9 Å². The molecule has 0 aliphatic heterocycles. The summed E-state index contributed by atoms with van der Waals surface area (Å²) in [5.74, 6) is 0.222. The molecule has 0 aliphatic rings. The minimum Gasteiger partial charge on any atom is -0.264 e. The average molecular weight is 213 g/mol. The number of nitrogens with zero attached hydrogens (tertiary/aromatic N) is 9. The third-order valence-corrected chi connectivity index (χ3v) is 2.09. The quantitative estimate of drug-likeness (QED) is 0.339. The van der Waals surface area contributed by atoms with Gasteiger partial charge in [0.15, 0.2) is 5.82 Å². The van der Waals surface area contributed by atoms with Gasteiger partial charge in [0.05, 0.1) is 5.39 Å². The Bertz CT molecular complexity index is 723. The molecule has 76 valence electrons. The average Bonchev–Trinajstić information content (AvgIpc) is 2.78. The molecule has 3 aromatic rings. The fourth-order valence-corrected chi connectivity index (χ4v) is 1.44. The summed E-state index contributed by atoms with van der Waals surface area (Å²) in [4.78, 5) is 6.68.